The Morgan fingerprint density at radius 2 is 1.69 bits per heavy atom. The molecule has 0 bridgehead atoms. The second-order valence-electron chi connectivity index (χ2n) is 4.78. The lowest BCUT2D eigenvalue weighted by atomic mass is 9.97. The van der Waals surface area contributed by atoms with Crippen molar-refractivity contribution in [3.05, 3.63) is 42.0 Å². The maximum Gasteiger partial charge on any atom is 0.213 e. The summed E-state index contributed by atoms with van der Waals surface area (Å²) in [5.74, 6) is 0.558. The predicted octanol–water partition coefficient (Wildman–Crippen LogP) is 3.57. The van der Waals surface area contributed by atoms with E-state index in [1.807, 2.05) is 0 Å². The van der Waals surface area contributed by atoms with Gasteiger partial charge in [0.25, 0.3) is 0 Å². The van der Waals surface area contributed by atoms with Gasteiger partial charge in [-0.25, -0.2) is 0 Å². The summed E-state index contributed by atoms with van der Waals surface area (Å²) in [7, 11) is 2.17. The molecule has 0 N–H and O–H groups in total. The van der Waals surface area contributed by atoms with Gasteiger partial charge >= 0.3 is 0 Å². The Morgan fingerprint density at radius 1 is 1.00 bits per heavy atom. The van der Waals surface area contributed by atoms with Crippen LogP contribution in [0.25, 0.3) is 10.8 Å². The lowest BCUT2D eigenvalue weighted by Crippen LogP contribution is -2.16. The number of nitrogens with zero attached hydrogens (tertiary/aromatic N) is 1. The quantitative estimate of drug-likeness (QED) is 0.633. The SMILES string of the molecule is CC(C)C1=[N+](C)c2cccc3cccc1c23. The Hall–Kier alpha value is -1.63. The molecule has 0 saturated carbocycles. The van der Waals surface area contributed by atoms with Gasteiger partial charge in [-0.15, -0.1) is 0 Å². The normalized spacial score (nSPS) is 14.2. The average Bonchev–Trinajstić information content (AvgIpc) is 2.55. The summed E-state index contributed by atoms with van der Waals surface area (Å²) in [6.07, 6.45) is 0. The fraction of sp³-hybridized carbons (Fsp3) is 0.267. The second-order valence-corrected chi connectivity index (χ2v) is 4.78. The number of benzene rings is 2. The summed E-state index contributed by atoms with van der Waals surface area (Å²) in [6, 6.07) is 13.1. The van der Waals surface area contributed by atoms with E-state index in [0.717, 1.165) is 0 Å². The molecule has 0 unspecified atom stereocenters. The summed E-state index contributed by atoms with van der Waals surface area (Å²) in [5.41, 5.74) is 4.19. The van der Waals surface area contributed by atoms with Crippen LogP contribution in [-0.4, -0.2) is 17.3 Å². The zero-order valence-electron chi connectivity index (χ0n) is 9.99. The molecule has 0 fully saturated rings. The van der Waals surface area contributed by atoms with Crippen molar-refractivity contribution < 1.29 is 4.58 Å². The third kappa shape index (κ3) is 1.09. The Kier molecular flexibility index (Phi) is 1.90. The molecule has 1 aliphatic rings. The Bertz CT molecular complexity index is 601. The van der Waals surface area contributed by atoms with Gasteiger partial charge in [-0.1, -0.05) is 38.1 Å². The molecule has 80 valence electrons. The van der Waals surface area contributed by atoms with Crippen molar-refractivity contribution in [2.24, 2.45) is 5.92 Å². The van der Waals surface area contributed by atoms with E-state index < -0.39 is 0 Å². The lowest BCUT2D eigenvalue weighted by molar-refractivity contribution is -0.402. The molecule has 3 rings (SSSR count). The molecular formula is C15H16N+. The smallest absolute Gasteiger partial charge is 0.197 e. The van der Waals surface area contributed by atoms with Crippen molar-refractivity contribution in [1.82, 2.24) is 0 Å². The highest BCUT2D eigenvalue weighted by Gasteiger charge is 2.30. The standard InChI is InChI=1S/C15H16N/c1-10(2)15-12-8-4-6-11-7-5-9-13(14(11)12)16(15)3/h4-10H,1-3H3/q+1. The molecule has 1 aliphatic heterocycles. The molecule has 1 heteroatoms. The maximum absolute atomic E-state index is 2.34. The largest absolute Gasteiger partial charge is 0.213 e. The lowest BCUT2D eigenvalue weighted by Gasteiger charge is -2.02. The summed E-state index contributed by atoms with van der Waals surface area (Å²) >= 11 is 0. The molecular weight excluding hydrogens is 194 g/mol. The minimum Gasteiger partial charge on any atom is -0.197 e. The number of hydrogen-bond acceptors (Lipinski definition) is 0. The number of hydrogen-bond donors (Lipinski definition) is 0. The summed E-state index contributed by atoms with van der Waals surface area (Å²) in [6.45, 7) is 4.52. The maximum atomic E-state index is 2.34. The van der Waals surface area contributed by atoms with Crippen molar-refractivity contribution in [2.75, 3.05) is 7.05 Å². The van der Waals surface area contributed by atoms with E-state index in [0.29, 0.717) is 5.92 Å². The van der Waals surface area contributed by atoms with Gasteiger partial charge in [0.05, 0.1) is 10.9 Å². The highest BCUT2D eigenvalue weighted by Crippen LogP contribution is 2.35. The first-order chi connectivity index (χ1) is 7.70. The minimum atomic E-state index is 0.558. The van der Waals surface area contributed by atoms with Crippen LogP contribution in [0.1, 0.15) is 19.4 Å². The Balaban J connectivity index is 2.46. The van der Waals surface area contributed by atoms with Gasteiger partial charge in [-0.2, -0.15) is 4.58 Å². The van der Waals surface area contributed by atoms with Crippen LogP contribution in [0, 0.1) is 5.92 Å². The third-order valence-corrected chi connectivity index (χ3v) is 3.43. The van der Waals surface area contributed by atoms with Gasteiger partial charge in [-0.05, 0) is 11.5 Å². The monoisotopic (exact) mass is 210 g/mol. The first-order valence-corrected chi connectivity index (χ1v) is 5.83. The van der Waals surface area contributed by atoms with E-state index in [1.165, 1.54) is 27.7 Å². The van der Waals surface area contributed by atoms with E-state index in [9.17, 15) is 0 Å². The first kappa shape index (κ1) is 9.59. The fourth-order valence-corrected chi connectivity index (χ4v) is 2.82. The zero-order valence-corrected chi connectivity index (χ0v) is 9.99. The van der Waals surface area contributed by atoms with Gasteiger partial charge in [-0.3, -0.25) is 0 Å². The van der Waals surface area contributed by atoms with E-state index in [2.05, 4.69) is 61.9 Å². The predicted molar refractivity (Wildman–Crippen MR) is 68.7 cm³/mol. The molecule has 1 nitrogen and oxygen atoms in total. The molecule has 0 atom stereocenters. The van der Waals surface area contributed by atoms with Crippen molar-refractivity contribution in [3.8, 4) is 0 Å². The topological polar surface area (TPSA) is 3.01 Å². The van der Waals surface area contributed by atoms with Crippen LogP contribution in [0.3, 0.4) is 0 Å². The Labute approximate surface area is 96.0 Å². The molecule has 2 aromatic rings. The second kappa shape index (κ2) is 3.18. The van der Waals surface area contributed by atoms with Crippen LogP contribution in [0.15, 0.2) is 36.4 Å². The van der Waals surface area contributed by atoms with E-state index >= 15 is 0 Å². The number of rotatable bonds is 1. The summed E-state index contributed by atoms with van der Waals surface area (Å²) in [5, 5.41) is 2.76. The van der Waals surface area contributed by atoms with Crippen LogP contribution >= 0.6 is 0 Å². The van der Waals surface area contributed by atoms with Gasteiger partial charge in [0, 0.05) is 12.0 Å². The highest BCUT2D eigenvalue weighted by atomic mass is 15.0. The van der Waals surface area contributed by atoms with Crippen molar-refractivity contribution in [1.29, 1.82) is 0 Å². The molecule has 0 aromatic heterocycles. The summed E-state index contributed by atoms with van der Waals surface area (Å²) < 4.78 is 2.34. The molecule has 0 saturated heterocycles. The molecule has 16 heavy (non-hydrogen) atoms. The molecule has 0 spiro atoms. The molecule has 1 heterocycles. The highest BCUT2D eigenvalue weighted by molar-refractivity contribution is 6.15. The van der Waals surface area contributed by atoms with Crippen LogP contribution in [0.5, 0.6) is 0 Å². The van der Waals surface area contributed by atoms with Crippen molar-refractivity contribution in [2.45, 2.75) is 13.8 Å². The third-order valence-electron chi connectivity index (χ3n) is 3.43. The molecule has 0 radical (unpaired) electrons. The van der Waals surface area contributed by atoms with E-state index in [-0.39, 0.29) is 0 Å². The van der Waals surface area contributed by atoms with E-state index in [1.54, 1.807) is 0 Å². The van der Waals surface area contributed by atoms with Crippen molar-refractivity contribution >= 4 is 22.2 Å². The van der Waals surface area contributed by atoms with Gasteiger partial charge in [0.15, 0.2) is 5.71 Å². The van der Waals surface area contributed by atoms with Gasteiger partial charge < -0.3 is 0 Å². The van der Waals surface area contributed by atoms with E-state index in [4.69, 9.17) is 0 Å². The fourth-order valence-electron chi connectivity index (χ4n) is 2.82. The summed E-state index contributed by atoms with van der Waals surface area (Å²) in [4.78, 5) is 0. The first-order valence-electron chi connectivity index (χ1n) is 5.83. The van der Waals surface area contributed by atoms with Gasteiger partial charge in [0.2, 0.25) is 5.69 Å². The zero-order chi connectivity index (χ0) is 11.3. The van der Waals surface area contributed by atoms with Crippen molar-refractivity contribution in [3.63, 3.8) is 0 Å². The molecule has 0 amide bonds. The minimum absolute atomic E-state index is 0.558. The average molecular weight is 210 g/mol. The van der Waals surface area contributed by atoms with Gasteiger partial charge in [0.1, 0.15) is 7.05 Å². The van der Waals surface area contributed by atoms with Crippen LogP contribution in [-0.2, 0) is 0 Å². The Morgan fingerprint density at radius 3 is 2.38 bits per heavy atom. The molecule has 0 aliphatic carbocycles. The van der Waals surface area contributed by atoms with Crippen LogP contribution < -0.4 is 0 Å². The van der Waals surface area contributed by atoms with Crippen LogP contribution in [0.4, 0.5) is 5.69 Å². The molecule has 2 aromatic carbocycles. The van der Waals surface area contributed by atoms with Crippen LogP contribution in [0.2, 0.25) is 0 Å².